The van der Waals surface area contributed by atoms with E-state index in [1.165, 1.54) is 18.2 Å². The predicted octanol–water partition coefficient (Wildman–Crippen LogP) is 2.77. The van der Waals surface area contributed by atoms with Gasteiger partial charge in [0.25, 0.3) is 0 Å². The van der Waals surface area contributed by atoms with Crippen LogP contribution in [0.2, 0.25) is 0 Å². The van der Waals surface area contributed by atoms with Gasteiger partial charge in [-0.25, -0.2) is 12.8 Å². The molecule has 1 N–H and O–H groups in total. The zero-order valence-electron chi connectivity index (χ0n) is 12.0. The van der Waals surface area contributed by atoms with Crippen molar-refractivity contribution in [3.63, 3.8) is 0 Å². The Balaban J connectivity index is 2.19. The highest BCUT2D eigenvalue weighted by molar-refractivity contribution is 7.92. The van der Waals surface area contributed by atoms with E-state index >= 15 is 0 Å². The average molecular weight is 299 g/mol. The Morgan fingerprint density at radius 2 is 2.10 bits per heavy atom. The third kappa shape index (κ3) is 3.04. The van der Waals surface area contributed by atoms with E-state index in [2.05, 4.69) is 12.2 Å². The molecule has 1 aliphatic rings. The van der Waals surface area contributed by atoms with Crippen molar-refractivity contribution in [1.29, 1.82) is 0 Å². The quantitative estimate of drug-likeness (QED) is 0.909. The zero-order chi connectivity index (χ0) is 14.8. The molecular formula is C15H22FNO2S. The van der Waals surface area contributed by atoms with Crippen LogP contribution in [0.4, 0.5) is 4.39 Å². The van der Waals surface area contributed by atoms with Gasteiger partial charge >= 0.3 is 0 Å². The first-order valence-corrected chi connectivity index (χ1v) is 8.74. The van der Waals surface area contributed by atoms with Gasteiger partial charge in [-0.15, -0.1) is 0 Å². The second-order valence-corrected chi connectivity index (χ2v) is 7.70. The molecule has 2 rings (SSSR count). The fraction of sp³-hybridized carbons (Fsp3) is 0.600. The van der Waals surface area contributed by atoms with Crippen LogP contribution in [0.5, 0.6) is 0 Å². The van der Waals surface area contributed by atoms with Crippen molar-refractivity contribution in [3.8, 4) is 0 Å². The molecule has 0 aliphatic heterocycles. The zero-order valence-corrected chi connectivity index (χ0v) is 12.8. The van der Waals surface area contributed by atoms with Gasteiger partial charge in [0.15, 0.2) is 9.84 Å². The van der Waals surface area contributed by atoms with Crippen molar-refractivity contribution in [2.45, 2.75) is 49.3 Å². The van der Waals surface area contributed by atoms with E-state index in [-0.39, 0.29) is 16.9 Å². The van der Waals surface area contributed by atoms with Crippen molar-refractivity contribution in [2.24, 2.45) is 5.92 Å². The fourth-order valence-electron chi connectivity index (χ4n) is 3.00. The normalized spacial score (nSPS) is 26.9. The largest absolute Gasteiger partial charge is 0.314 e. The first-order valence-electron chi connectivity index (χ1n) is 7.19. The Bertz CT molecular complexity index is 559. The molecule has 0 radical (unpaired) electrons. The van der Waals surface area contributed by atoms with Gasteiger partial charge in [0, 0.05) is 6.04 Å². The molecule has 1 aliphatic carbocycles. The standard InChI is InChI=1S/C15H22FNO2S/c1-3-9-17-14-7-8-15(11(14)2)20(18,19)13-6-4-5-12(16)10-13/h4-6,10-11,14-15,17H,3,7-9H2,1-2H3. The molecule has 0 heterocycles. The van der Waals surface area contributed by atoms with Gasteiger partial charge in [-0.1, -0.05) is 19.9 Å². The van der Waals surface area contributed by atoms with E-state index in [1.807, 2.05) is 6.92 Å². The lowest BCUT2D eigenvalue weighted by atomic mass is 10.1. The van der Waals surface area contributed by atoms with Gasteiger partial charge in [-0.3, -0.25) is 0 Å². The Kier molecular flexibility index (Phi) is 4.81. The molecule has 1 fully saturated rings. The van der Waals surface area contributed by atoms with Gasteiger partial charge < -0.3 is 5.32 Å². The molecule has 0 aromatic heterocycles. The number of nitrogens with one attached hydrogen (secondary N) is 1. The summed E-state index contributed by atoms with van der Waals surface area (Å²) in [7, 11) is -3.45. The lowest BCUT2D eigenvalue weighted by molar-refractivity contribution is 0.425. The maximum absolute atomic E-state index is 13.2. The Hall–Kier alpha value is -0.940. The molecule has 0 amide bonds. The molecule has 1 saturated carbocycles. The van der Waals surface area contributed by atoms with Gasteiger partial charge in [-0.05, 0) is 49.9 Å². The third-order valence-electron chi connectivity index (χ3n) is 4.16. The minimum absolute atomic E-state index is 0.0508. The number of hydrogen-bond donors (Lipinski definition) is 1. The van der Waals surface area contributed by atoms with Crippen LogP contribution >= 0.6 is 0 Å². The van der Waals surface area contributed by atoms with Crippen molar-refractivity contribution in [1.82, 2.24) is 5.32 Å². The summed E-state index contributed by atoms with van der Waals surface area (Å²) in [5.41, 5.74) is 0. The summed E-state index contributed by atoms with van der Waals surface area (Å²) in [6.07, 6.45) is 2.53. The minimum atomic E-state index is -3.45. The Labute approximate surface area is 120 Å². The topological polar surface area (TPSA) is 46.2 Å². The van der Waals surface area contributed by atoms with Crippen LogP contribution in [0.1, 0.15) is 33.1 Å². The van der Waals surface area contributed by atoms with Crippen LogP contribution in [-0.4, -0.2) is 26.3 Å². The summed E-state index contributed by atoms with van der Waals surface area (Å²) in [6, 6.07) is 5.56. The average Bonchev–Trinajstić information content (AvgIpc) is 2.78. The molecule has 0 saturated heterocycles. The van der Waals surface area contributed by atoms with E-state index in [0.717, 1.165) is 25.5 Å². The van der Waals surface area contributed by atoms with Crippen LogP contribution in [0.3, 0.4) is 0 Å². The van der Waals surface area contributed by atoms with Crippen molar-refractivity contribution in [2.75, 3.05) is 6.54 Å². The molecule has 5 heteroatoms. The first-order chi connectivity index (χ1) is 9.46. The molecule has 0 spiro atoms. The lowest BCUT2D eigenvalue weighted by Crippen LogP contribution is -2.36. The second-order valence-electron chi connectivity index (χ2n) is 5.54. The highest BCUT2D eigenvalue weighted by Gasteiger charge is 2.41. The van der Waals surface area contributed by atoms with Crippen LogP contribution in [0.15, 0.2) is 29.2 Å². The van der Waals surface area contributed by atoms with Gasteiger partial charge in [-0.2, -0.15) is 0 Å². The van der Waals surface area contributed by atoms with E-state index in [1.54, 1.807) is 0 Å². The van der Waals surface area contributed by atoms with Crippen LogP contribution in [-0.2, 0) is 9.84 Å². The van der Waals surface area contributed by atoms with Gasteiger partial charge in [0.05, 0.1) is 10.1 Å². The van der Waals surface area contributed by atoms with E-state index < -0.39 is 20.9 Å². The molecule has 3 unspecified atom stereocenters. The van der Waals surface area contributed by atoms with Crippen molar-refractivity contribution >= 4 is 9.84 Å². The van der Waals surface area contributed by atoms with E-state index in [4.69, 9.17) is 0 Å². The molecule has 112 valence electrons. The van der Waals surface area contributed by atoms with E-state index in [9.17, 15) is 12.8 Å². The van der Waals surface area contributed by atoms with Crippen LogP contribution in [0, 0.1) is 11.7 Å². The summed E-state index contributed by atoms with van der Waals surface area (Å²) in [5, 5.41) is 2.99. The molecule has 1 aromatic rings. The summed E-state index contributed by atoms with van der Waals surface area (Å²) in [5.74, 6) is -0.452. The lowest BCUT2D eigenvalue weighted by Gasteiger charge is -2.22. The summed E-state index contributed by atoms with van der Waals surface area (Å²) in [6.45, 7) is 4.97. The van der Waals surface area contributed by atoms with E-state index in [0.29, 0.717) is 6.42 Å². The highest BCUT2D eigenvalue weighted by Crippen LogP contribution is 2.34. The summed E-state index contributed by atoms with van der Waals surface area (Å²) in [4.78, 5) is 0.102. The molecule has 3 nitrogen and oxygen atoms in total. The second kappa shape index (κ2) is 6.22. The van der Waals surface area contributed by atoms with Crippen LogP contribution in [0.25, 0.3) is 0 Å². The highest BCUT2D eigenvalue weighted by atomic mass is 32.2. The molecule has 20 heavy (non-hydrogen) atoms. The SMILES string of the molecule is CCCNC1CCC(S(=O)(=O)c2cccc(F)c2)C1C. The molecular weight excluding hydrogens is 277 g/mol. The third-order valence-corrected chi connectivity index (χ3v) is 6.54. The minimum Gasteiger partial charge on any atom is -0.314 e. The number of halogens is 1. The van der Waals surface area contributed by atoms with Crippen molar-refractivity contribution < 1.29 is 12.8 Å². The Morgan fingerprint density at radius 3 is 2.75 bits per heavy atom. The first kappa shape index (κ1) is 15.4. The fourth-order valence-corrected chi connectivity index (χ4v) is 5.10. The number of rotatable bonds is 5. The number of hydrogen-bond acceptors (Lipinski definition) is 3. The molecule has 3 atom stereocenters. The number of sulfone groups is 1. The number of benzene rings is 1. The van der Waals surface area contributed by atoms with Gasteiger partial charge in [0.1, 0.15) is 5.82 Å². The van der Waals surface area contributed by atoms with Crippen LogP contribution < -0.4 is 5.32 Å². The summed E-state index contributed by atoms with van der Waals surface area (Å²) >= 11 is 0. The summed E-state index contributed by atoms with van der Waals surface area (Å²) < 4.78 is 38.5. The van der Waals surface area contributed by atoms with Crippen molar-refractivity contribution in [3.05, 3.63) is 30.1 Å². The maximum atomic E-state index is 13.2. The maximum Gasteiger partial charge on any atom is 0.181 e. The predicted molar refractivity (Wildman–Crippen MR) is 77.9 cm³/mol. The molecule has 1 aromatic carbocycles. The molecule has 0 bridgehead atoms. The monoisotopic (exact) mass is 299 g/mol. The Morgan fingerprint density at radius 1 is 1.35 bits per heavy atom. The van der Waals surface area contributed by atoms with Gasteiger partial charge in [0.2, 0.25) is 0 Å². The smallest absolute Gasteiger partial charge is 0.181 e.